The number of nitrogens with zero attached hydrogens (tertiary/aromatic N) is 1. The SMILES string of the molecule is O=C(O)CC1CN(C(=O)c2cccc(F)c2)CCO1. The number of benzene rings is 1. The minimum absolute atomic E-state index is 0.146. The number of carboxylic acids is 1. The minimum atomic E-state index is -0.968. The molecule has 19 heavy (non-hydrogen) atoms. The van der Waals surface area contributed by atoms with Gasteiger partial charge in [-0.15, -0.1) is 0 Å². The number of halogens is 1. The predicted molar refractivity (Wildman–Crippen MR) is 64.3 cm³/mol. The van der Waals surface area contributed by atoms with Crippen molar-refractivity contribution in [1.82, 2.24) is 4.90 Å². The van der Waals surface area contributed by atoms with Crippen molar-refractivity contribution in [2.75, 3.05) is 19.7 Å². The van der Waals surface area contributed by atoms with Gasteiger partial charge in [0.05, 0.1) is 19.1 Å². The third-order valence-electron chi connectivity index (χ3n) is 2.90. The van der Waals surface area contributed by atoms with Gasteiger partial charge in [0.25, 0.3) is 5.91 Å². The zero-order valence-corrected chi connectivity index (χ0v) is 10.2. The molecule has 1 aliphatic heterocycles. The Hall–Kier alpha value is -1.95. The molecule has 5 nitrogen and oxygen atoms in total. The van der Waals surface area contributed by atoms with E-state index in [2.05, 4.69) is 0 Å². The van der Waals surface area contributed by atoms with Crippen LogP contribution in [0.3, 0.4) is 0 Å². The van der Waals surface area contributed by atoms with Crippen molar-refractivity contribution in [3.8, 4) is 0 Å². The second kappa shape index (κ2) is 5.79. The molecule has 0 saturated carbocycles. The van der Waals surface area contributed by atoms with E-state index < -0.39 is 17.9 Å². The van der Waals surface area contributed by atoms with E-state index in [9.17, 15) is 14.0 Å². The molecular weight excluding hydrogens is 253 g/mol. The van der Waals surface area contributed by atoms with Crippen molar-refractivity contribution in [2.24, 2.45) is 0 Å². The predicted octanol–water partition coefficient (Wildman–Crippen LogP) is 1.14. The van der Waals surface area contributed by atoms with Crippen LogP contribution in [0.2, 0.25) is 0 Å². The van der Waals surface area contributed by atoms with Crippen LogP contribution < -0.4 is 0 Å². The number of amides is 1. The topological polar surface area (TPSA) is 66.8 Å². The zero-order chi connectivity index (χ0) is 13.8. The van der Waals surface area contributed by atoms with Crippen molar-refractivity contribution in [2.45, 2.75) is 12.5 Å². The van der Waals surface area contributed by atoms with Crippen LogP contribution in [-0.4, -0.2) is 47.7 Å². The van der Waals surface area contributed by atoms with E-state index in [0.717, 1.165) is 0 Å². The van der Waals surface area contributed by atoms with E-state index in [1.54, 1.807) is 0 Å². The molecule has 1 N–H and O–H groups in total. The molecule has 1 unspecified atom stereocenters. The molecule has 0 aromatic heterocycles. The van der Waals surface area contributed by atoms with E-state index in [-0.39, 0.29) is 24.4 Å². The van der Waals surface area contributed by atoms with Crippen LogP contribution in [-0.2, 0) is 9.53 Å². The fourth-order valence-corrected chi connectivity index (χ4v) is 2.03. The van der Waals surface area contributed by atoms with Gasteiger partial charge in [0.1, 0.15) is 5.82 Å². The third-order valence-corrected chi connectivity index (χ3v) is 2.90. The van der Waals surface area contributed by atoms with Crippen LogP contribution in [0, 0.1) is 5.82 Å². The van der Waals surface area contributed by atoms with Gasteiger partial charge < -0.3 is 14.7 Å². The number of rotatable bonds is 3. The highest BCUT2D eigenvalue weighted by Gasteiger charge is 2.26. The summed E-state index contributed by atoms with van der Waals surface area (Å²) in [6, 6.07) is 5.44. The number of aliphatic carboxylic acids is 1. The molecule has 1 aromatic rings. The van der Waals surface area contributed by atoms with Gasteiger partial charge in [-0.1, -0.05) is 6.07 Å². The average Bonchev–Trinajstić information content (AvgIpc) is 2.37. The lowest BCUT2D eigenvalue weighted by Crippen LogP contribution is -2.46. The first-order valence-electron chi connectivity index (χ1n) is 5.94. The maximum atomic E-state index is 13.1. The van der Waals surface area contributed by atoms with E-state index >= 15 is 0 Å². The number of carbonyl (C=O) groups excluding carboxylic acids is 1. The Morgan fingerprint density at radius 1 is 1.47 bits per heavy atom. The van der Waals surface area contributed by atoms with E-state index in [0.29, 0.717) is 13.2 Å². The van der Waals surface area contributed by atoms with Crippen LogP contribution in [0.1, 0.15) is 16.8 Å². The molecule has 102 valence electrons. The van der Waals surface area contributed by atoms with Crippen LogP contribution in [0.15, 0.2) is 24.3 Å². The summed E-state index contributed by atoms with van der Waals surface area (Å²) in [5.41, 5.74) is 0.260. The Labute approximate surface area is 109 Å². The van der Waals surface area contributed by atoms with Gasteiger partial charge in [-0.3, -0.25) is 9.59 Å². The fourth-order valence-electron chi connectivity index (χ4n) is 2.03. The quantitative estimate of drug-likeness (QED) is 0.891. The summed E-state index contributed by atoms with van der Waals surface area (Å²) in [6.45, 7) is 0.881. The van der Waals surface area contributed by atoms with Crippen molar-refractivity contribution < 1.29 is 23.8 Å². The highest BCUT2D eigenvalue weighted by Crippen LogP contribution is 2.13. The Balaban J connectivity index is 2.04. The Morgan fingerprint density at radius 2 is 2.26 bits per heavy atom. The largest absolute Gasteiger partial charge is 0.481 e. The number of hydrogen-bond donors (Lipinski definition) is 1. The summed E-state index contributed by atoms with van der Waals surface area (Å²) in [4.78, 5) is 24.3. The molecule has 1 aromatic carbocycles. The number of carbonyl (C=O) groups is 2. The normalized spacial score (nSPS) is 19.2. The van der Waals surface area contributed by atoms with Crippen LogP contribution >= 0.6 is 0 Å². The molecule has 0 spiro atoms. The van der Waals surface area contributed by atoms with E-state index in [1.807, 2.05) is 0 Å². The molecule has 6 heteroatoms. The van der Waals surface area contributed by atoms with Gasteiger partial charge in [-0.2, -0.15) is 0 Å². The van der Waals surface area contributed by atoms with Crippen molar-refractivity contribution in [1.29, 1.82) is 0 Å². The lowest BCUT2D eigenvalue weighted by atomic mass is 10.1. The summed E-state index contributed by atoms with van der Waals surface area (Å²) >= 11 is 0. The number of hydrogen-bond acceptors (Lipinski definition) is 3. The Bertz CT molecular complexity index is 491. The smallest absolute Gasteiger partial charge is 0.306 e. The number of morpholine rings is 1. The Kier molecular flexibility index (Phi) is 4.11. The third kappa shape index (κ3) is 3.51. The maximum Gasteiger partial charge on any atom is 0.306 e. The highest BCUT2D eigenvalue weighted by atomic mass is 19.1. The maximum absolute atomic E-state index is 13.1. The summed E-state index contributed by atoms with van der Waals surface area (Å²) in [7, 11) is 0. The van der Waals surface area contributed by atoms with Crippen molar-refractivity contribution in [3.05, 3.63) is 35.6 Å². The van der Waals surface area contributed by atoms with Gasteiger partial charge in [-0.25, -0.2) is 4.39 Å². The van der Waals surface area contributed by atoms with Crippen molar-refractivity contribution >= 4 is 11.9 Å². The van der Waals surface area contributed by atoms with Crippen LogP contribution in [0.4, 0.5) is 4.39 Å². The first-order chi connectivity index (χ1) is 9.06. The first-order valence-corrected chi connectivity index (χ1v) is 5.94. The standard InChI is InChI=1S/C13H14FNO4/c14-10-3-1-2-9(6-10)13(18)15-4-5-19-11(8-15)7-12(16)17/h1-3,6,11H,4-5,7-8H2,(H,16,17). The second-order valence-electron chi connectivity index (χ2n) is 4.35. The molecule has 0 aliphatic carbocycles. The lowest BCUT2D eigenvalue weighted by molar-refractivity contribution is -0.141. The number of carboxylic acid groups (broad SMARTS) is 1. The van der Waals surface area contributed by atoms with Crippen LogP contribution in [0.25, 0.3) is 0 Å². The summed E-state index contributed by atoms with van der Waals surface area (Å²) in [6.07, 6.45) is -0.656. The summed E-state index contributed by atoms with van der Waals surface area (Å²) in [5.74, 6) is -1.75. The average molecular weight is 267 g/mol. The molecule has 1 heterocycles. The lowest BCUT2D eigenvalue weighted by Gasteiger charge is -2.32. The molecule has 2 rings (SSSR count). The van der Waals surface area contributed by atoms with E-state index in [4.69, 9.17) is 9.84 Å². The number of ether oxygens (including phenoxy) is 1. The first kappa shape index (κ1) is 13.5. The molecule has 1 fully saturated rings. The van der Waals surface area contributed by atoms with Gasteiger partial charge in [0.15, 0.2) is 0 Å². The molecule has 0 bridgehead atoms. The minimum Gasteiger partial charge on any atom is -0.481 e. The van der Waals surface area contributed by atoms with Crippen molar-refractivity contribution in [3.63, 3.8) is 0 Å². The summed E-state index contributed by atoms with van der Waals surface area (Å²) in [5, 5.41) is 8.71. The fraction of sp³-hybridized carbons (Fsp3) is 0.385. The van der Waals surface area contributed by atoms with Gasteiger partial charge >= 0.3 is 5.97 Å². The van der Waals surface area contributed by atoms with Gasteiger partial charge in [0, 0.05) is 18.7 Å². The van der Waals surface area contributed by atoms with E-state index in [1.165, 1.54) is 29.2 Å². The molecule has 1 amide bonds. The van der Waals surface area contributed by atoms with Crippen LogP contribution in [0.5, 0.6) is 0 Å². The summed E-state index contributed by atoms with van der Waals surface area (Å²) < 4.78 is 18.4. The zero-order valence-electron chi connectivity index (χ0n) is 10.2. The molecule has 0 radical (unpaired) electrons. The monoisotopic (exact) mass is 267 g/mol. The van der Waals surface area contributed by atoms with Gasteiger partial charge in [0.2, 0.25) is 0 Å². The Morgan fingerprint density at radius 3 is 2.95 bits per heavy atom. The molecule has 1 aliphatic rings. The second-order valence-corrected chi connectivity index (χ2v) is 4.35. The molecule has 1 saturated heterocycles. The molecular formula is C13H14FNO4. The molecule has 1 atom stereocenters. The van der Waals surface area contributed by atoms with Gasteiger partial charge in [-0.05, 0) is 18.2 Å². The highest BCUT2D eigenvalue weighted by molar-refractivity contribution is 5.94.